The fourth-order valence-electron chi connectivity index (χ4n) is 2.20. The fraction of sp³-hybridized carbons (Fsp3) is 0.923. The molecule has 0 aromatic rings. The van der Waals surface area contributed by atoms with Crippen LogP contribution >= 0.6 is 0 Å². The van der Waals surface area contributed by atoms with E-state index in [0.29, 0.717) is 5.92 Å². The van der Waals surface area contributed by atoms with E-state index in [1.807, 2.05) is 0 Å². The summed E-state index contributed by atoms with van der Waals surface area (Å²) in [4.78, 5) is 0. The molecule has 0 aromatic carbocycles. The summed E-state index contributed by atoms with van der Waals surface area (Å²) in [6, 6.07) is 0. The fourth-order valence-corrected chi connectivity index (χ4v) is 2.20. The Balaban J connectivity index is 4.04. The number of rotatable bonds is 9. The minimum absolute atomic E-state index is 0.548. The van der Waals surface area contributed by atoms with Gasteiger partial charge in [-0.25, -0.2) is 0 Å². The molecule has 0 heterocycles. The van der Waals surface area contributed by atoms with Gasteiger partial charge in [0.2, 0.25) is 0 Å². The Morgan fingerprint density at radius 3 is 2.00 bits per heavy atom. The average molecular weight is 197 g/mol. The highest BCUT2D eigenvalue weighted by Gasteiger charge is 2.17. The van der Waals surface area contributed by atoms with Crippen LogP contribution in [0, 0.1) is 17.2 Å². The van der Waals surface area contributed by atoms with Crippen LogP contribution in [0.15, 0.2) is 0 Å². The van der Waals surface area contributed by atoms with Gasteiger partial charge in [-0.15, -0.1) is 0 Å². The maximum absolute atomic E-state index is 7.48. The van der Waals surface area contributed by atoms with Gasteiger partial charge in [0.05, 0.1) is 0 Å². The lowest BCUT2D eigenvalue weighted by molar-refractivity contribution is 0.338. The van der Waals surface area contributed by atoms with Crippen LogP contribution in [0.4, 0.5) is 0 Å². The Bertz CT molecular complexity index is 131. The van der Waals surface area contributed by atoms with Crippen molar-refractivity contribution in [3.8, 4) is 0 Å². The Morgan fingerprint density at radius 1 is 0.929 bits per heavy atom. The maximum Gasteiger partial charge on any atom is -0.00140 e. The third-order valence-corrected chi connectivity index (χ3v) is 3.03. The lowest BCUT2D eigenvalue weighted by atomic mass is 9.83. The smallest absolute Gasteiger partial charge is 0.00140 e. The van der Waals surface area contributed by atoms with Crippen molar-refractivity contribution in [2.75, 3.05) is 0 Å². The van der Waals surface area contributed by atoms with Crippen LogP contribution in [0.3, 0.4) is 0 Å². The average Bonchev–Trinajstić information content (AvgIpc) is 2.21. The van der Waals surface area contributed by atoms with Crippen LogP contribution in [0.25, 0.3) is 0 Å². The molecule has 0 bridgehead atoms. The Kier molecular flexibility index (Phi) is 9.02. The van der Waals surface area contributed by atoms with E-state index in [4.69, 9.17) is 5.41 Å². The van der Waals surface area contributed by atoms with Gasteiger partial charge < -0.3 is 5.41 Å². The number of hydrogen-bond acceptors (Lipinski definition) is 1. The van der Waals surface area contributed by atoms with Crippen molar-refractivity contribution in [3.63, 3.8) is 0 Å². The van der Waals surface area contributed by atoms with Gasteiger partial charge in [0.25, 0.3) is 0 Å². The molecule has 0 spiro atoms. The molecule has 2 unspecified atom stereocenters. The molecule has 14 heavy (non-hydrogen) atoms. The van der Waals surface area contributed by atoms with Crippen LogP contribution in [0.1, 0.15) is 65.7 Å². The monoisotopic (exact) mass is 197 g/mol. The van der Waals surface area contributed by atoms with Crippen molar-refractivity contribution in [3.05, 3.63) is 0 Å². The van der Waals surface area contributed by atoms with Gasteiger partial charge in [0.15, 0.2) is 0 Å². The minimum atomic E-state index is 0.548. The summed E-state index contributed by atoms with van der Waals surface area (Å²) >= 11 is 0. The van der Waals surface area contributed by atoms with E-state index in [1.165, 1.54) is 44.9 Å². The molecule has 0 aromatic heterocycles. The molecule has 0 amide bonds. The van der Waals surface area contributed by atoms with E-state index in [1.54, 1.807) is 6.21 Å². The molecular weight excluding hydrogens is 170 g/mol. The molecule has 0 aliphatic heterocycles. The minimum Gasteiger partial charge on any atom is -0.313 e. The highest BCUT2D eigenvalue weighted by molar-refractivity contribution is 5.57. The van der Waals surface area contributed by atoms with Gasteiger partial charge in [-0.3, -0.25) is 0 Å². The van der Waals surface area contributed by atoms with E-state index in [0.717, 1.165) is 5.92 Å². The molecule has 2 atom stereocenters. The molecule has 0 saturated heterocycles. The van der Waals surface area contributed by atoms with E-state index >= 15 is 0 Å². The quantitative estimate of drug-likeness (QED) is 0.520. The number of hydrogen-bond donors (Lipinski definition) is 1. The molecule has 0 rings (SSSR count). The van der Waals surface area contributed by atoms with E-state index in [2.05, 4.69) is 20.8 Å². The van der Waals surface area contributed by atoms with E-state index < -0.39 is 0 Å². The third-order valence-electron chi connectivity index (χ3n) is 3.03. The molecule has 0 aliphatic rings. The van der Waals surface area contributed by atoms with Gasteiger partial charge >= 0.3 is 0 Å². The van der Waals surface area contributed by atoms with Gasteiger partial charge in [0.1, 0.15) is 0 Å². The molecule has 0 radical (unpaired) electrons. The molecule has 84 valence electrons. The van der Waals surface area contributed by atoms with Gasteiger partial charge in [0, 0.05) is 0 Å². The van der Waals surface area contributed by atoms with Crippen LogP contribution in [0.2, 0.25) is 0 Å². The Morgan fingerprint density at radius 2 is 1.57 bits per heavy atom. The van der Waals surface area contributed by atoms with Gasteiger partial charge in [-0.2, -0.15) is 0 Å². The normalized spacial score (nSPS) is 15.1. The van der Waals surface area contributed by atoms with Gasteiger partial charge in [-0.05, 0) is 30.9 Å². The third kappa shape index (κ3) is 5.41. The van der Waals surface area contributed by atoms with Crippen LogP contribution < -0.4 is 0 Å². The van der Waals surface area contributed by atoms with Crippen molar-refractivity contribution in [2.45, 2.75) is 65.7 Å². The Hall–Kier alpha value is -0.330. The first kappa shape index (κ1) is 13.7. The van der Waals surface area contributed by atoms with E-state index in [9.17, 15) is 0 Å². The van der Waals surface area contributed by atoms with Crippen molar-refractivity contribution in [1.29, 1.82) is 5.41 Å². The predicted molar refractivity (Wildman–Crippen MR) is 65.1 cm³/mol. The summed E-state index contributed by atoms with van der Waals surface area (Å²) in [5.74, 6) is 1.32. The summed E-state index contributed by atoms with van der Waals surface area (Å²) < 4.78 is 0. The largest absolute Gasteiger partial charge is 0.313 e. The predicted octanol–water partition coefficient (Wildman–Crippen LogP) is 4.66. The van der Waals surface area contributed by atoms with Crippen LogP contribution in [-0.2, 0) is 0 Å². The van der Waals surface area contributed by atoms with Crippen LogP contribution in [-0.4, -0.2) is 6.21 Å². The maximum atomic E-state index is 7.48. The molecular formula is C13H27N. The van der Waals surface area contributed by atoms with Crippen molar-refractivity contribution in [2.24, 2.45) is 11.8 Å². The lowest BCUT2D eigenvalue weighted by Gasteiger charge is -2.23. The lowest BCUT2D eigenvalue weighted by Crippen LogP contribution is -2.16. The molecule has 1 nitrogen and oxygen atoms in total. The molecule has 1 heteroatoms. The van der Waals surface area contributed by atoms with Crippen molar-refractivity contribution >= 4 is 6.21 Å². The zero-order chi connectivity index (χ0) is 10.8. The highest BCUT2D eigenvalue weighted by atomic mass is 14.4. The summed E-state index contributed by atoms with van der Waals surface area (Å²) in [7, 11) is 0. The number of nitrogens with one attached hydrogen (secondary N) is 1. The summed E-state index contributed by atoms with van der Waals surface area (Å²) in [6.07, 6.45) is 10.6. The molecule has 0 fully saturated rings. The van der Waals surface area contributed by atoms with Gasteiger partial charge in [-0.1, -0.05) is 52.9 Å². The first-order valence-electron chi connectivity index (χ1n) is 6.30. The molecule has 1 N–H and O–H groups in total. The SMILES string of the molecule is CCCCC(CCC)C(C=N)CCC. The summed E-state index contributed by atoms with van der Waals surface area (Å²) in [5.41, 5.74) is 0. The highest BCUT2D eigenvalue weighted by Crippen LogP contribution is 2.25. The second-order valence-electron chi connectivity index (χ2n) is 4.31. The molecule has 0 saturated carbocycles. The molecule has 0 aliphatic carbocycles. The van der Waals surface area contributed by atoms with Crippen LogP contribution in [0.5, 0.6) is 0 Å². The second kappa shape index (κ2) is 9.23. The van der Waals surface area contributed by atoms with E-state index in [-0.39, 0.29) is 0 Å². The summed E-state index contributed by atoms with van der Waals surface area (Å²) in [6.45, 7) is 6.73. The van der Waals surface area contributed by atoms with Crippen molar-refractivity contribution in [1.82, 2.24) is 0 Å². The zero-order valence-corrected chi connectivity index (χ0v) is 10.2. The second-order valence-corrected chi connectivity index (χ2v) is 4.31. The first-order valence-corrected chi connectivity index (χ1v) is 6.30. The number of unbranched alkanes of at least 4 members (excludes halogenated alkanes) is 1. The summed E-state index contributed by atoms with van der Waals surface area (Å²) in [5, 5.41) is 7.48. The standard InChI is InChI=1S/C13H27N/c1-4-7-10-12(8-5-2)13(11-14)9-6-3/h11-14H,4-10H2,1-3H3. The zero-order valence-electron chi connectivity index (χ0n) is 10.2. The Labute approximate surface area is 89.8 Å². The topological polar surface area (TPSA) is 23.9 Å². The first-order chi connectivity index (χ1) is 6.79. The van der Waals surface area contributed by atoms with Crippen molar-refractivity contribution < 1.29 is 0 Å².